The number of carbonyl (C=O) groups excluding carboxylic acids is 2. The van der Waals surface area contributed by atoms with Gasteiger partial charge in [0.05, 0.1) is 18.2 Å². The van der Waals surface area contributed by atoms with Gasteiger partial charge in [0.1, 0.15) is 0 Å². The van der Waals surface area contributed by atoms with E-state index in [0.29, 0.717) is 23.6 Å². The Balaban J connectivity index is 2.39. The van der Waals surface area contributed by atoms with Gasteiger partial charge in [0.2, 0.25) is 0 Å². The number of carbonyl (C=O) groups is 2. The number of benzene rings is 1. The molecule has 1 heterocycles. The van der Waals surface area contributed by atoms with E-state index in [-0.39, 0.29) is 11.9 Å². The molecule has 2 rings (SSSR count). The van der Waals surface area contributed by atoms with Crippen LogP contribution in [0.5, 0.6) is 0 Å². The van der Waals surface area contributed by atoms with Crippen LogP contribution in [0.3, 0.4) is 0 Å². The number of allylic oxidation sites excluding steroid dienone is 1. The van der Waals surface area contributed by atoms with Crippen LogP contribution >= 0.6 is 0 Å². The fourth-order valence-electron chi connectivity index (χ4n) is 2.36. The molecule has 124 valence electrons. The quantitative estimate of drug-likeness (QED) is 0.660. The zero-order chi connectivity index (χ0) is 17.1. The van der Waals surface area contributed by atoms with Gasteiger partial charge in [0, 0.05) is 18.4 Å². The number of nitrogen functional groups attached to an aromatic ring is 1. The Hall–Kier alpha value is -2.50. The second kappa shape index (κ2) is 6.73. The van der Waals surface area contributed by atoms with Crippen LogP contribution in [0.1, 0.15) is 32.4 Å². The molecule has 1 atom stereocenters. The average Bonchev–Trinajstić information content (AvgIpc) is 2.50. The zero-order valence-electron chi connectivity index (χ0n) is 13.9. The number of hydrogen-bond donors (Lipinski definition) is 2. The Labute approximate surface area is 136 Å². The number of amides is 2. The summed E-state index contributed by atoms with van der Waals surface area (Å²) in [5.74, 6) is -0.171. The van der Waals surface area contributed by atoms with Crippen molar-refractivity contribution in [1.29, 1.82) is 0 Å². The molecule has 0 aliphatic carbocycles. The molecule has 0 spiro atoms. The molecule has 2 amide bonds. The van der Waals surface area contributed by atoms with Crippen LogP contribution < -0.4 is 11.1 Å². The maximum Gasteiger partial charge on any atom is 0.338 e. The van der Waals surface area contributed by atoms with Crippen molar-refractivity contribution in [2.24, 2.45) is 5.92 Å². The number of hydrogen-bond acceptors (Lipinski definition) is 4. The zero-order valence-corrected chi connectivity index (χ0v) is 13.9. The molecular formula is C17H23N3O3. The molecule has 1 aromatic rings. The summed E-state index contributed by atoms with van der Waals surface area (Å²) in [6.45, 7) is 6.03. The minimum absolute atomic E-state index is 0.241. The number of rotatable bonds is 4. The molecule has 0 radical (unpaired) electrons. The van der Waals surface area contributed by atoms with Gasteiger partial charge in [0.25, 0.3) is 0 Å². The van der Waals surface area contributed by atoms with Gasteiger partial charge in [-0.25, -0.2) is 9.59 Å². The Morgan fingerprint density at radius 2 is 1.96 bits per heavy atom. The topological polar surface area (TPSA) is 84.7 Å². The van der Waals surface area contributed by atoms with Crippen molar-refractivity contribution in [3.05, 3.63) is 41.1 Å². The van der Waals surface area contributed by atoms with Crippen LogP contribution in [-0.4, -0.2) is 30.6 Å². The number of nitrogens with one attached hydrogen (secondary N) is 1. The molecule has 0 saturated heterocycles. The lowest BCUT2D eigenvalue weighted by Crippen LogP contribution is -2.46. The smallest absolute Gasteiger partial charge is 0.338 e. The van der Waals surface area contributed by atoms with E-state index in [2.05, 4.69) is 5.32 Å². The van der Waals surface area contributed by atoms with E-state index in [9.17, 15) is 9.59 Å². The predicted molar refractivity (Wildman–Crippen MR) is 88.4 cm³/mol. The van der Waals surface area contributed by atoms with Crippen molar-refractivity contribution in [3.8, 4) is 0 Å². The minimum atomic E-state index is -0.543. The maximum atomic E-state index is 12.5. The minimum Gasteiger partial charge on any atom is -0.462 e. The highest BCUT2D eigenvalue weighted by Gasteiger charge is 2.34. The van der Waals surface area contributed by atoms with E-state index < -0.39 is 12.0 Å². The lowest BCUT2D eigenvalue weighted by atomic mass is 9.95. The summed E-state index contributed by atoms with van der Waals surface area (Å²) in [6.07, 6.45) is 0. The Morgan fingerprint density at radius 1 is 1.35 bits per heavy atom. The van der Waals surface area contributed by atoms with Crippen molar-refractivity contribution < 1.29 is 14.3 Å². The molecule has 1 aliphatic rings. The Kier molecular flexibility index (Phi) is 4.93. The molecule has 1 aliphatic heterocycles. The molecule has 0 bridgehead atoms. The van der Waals surface area contributed by atoms with Gasteiger partial charge in [-0.2, -0.15) is 0 Å². The Bertz CT molecular complexity index is 635. The third-order valence-corrected chi connectivity index (χ3v) is 3.79. The molecule has 0 saturated carbocycles. The van der Waals surface area contributed by atoms with E-state index in [1.807, 2.05) is 13.8 Å². The van der Waals surface area contributed by atoms with Gasteiger partial charge in [-0.15, -0.1) is 0 Å². The Morgan fingerprint density at radius 3 is 2.52 bits per heavy atom. The van der Waals surface area contributed by atoms with E-state index in [0.717, 1.165) is 5.56 Å². The summed E-state index contributed by atoms with van der Waals surface area (Å²) in [7, 11) is 1.62. The van der Waals surface area contributed by atoms with Crippen molar-refractivity contribution >= 4 is 17.7 Å². The molecular weight excluding hydrogens is 294 g/mol. The average molecular weight is 317 g/mol. The highest BCUT2D eigenvalue weighted by molar-refractivity contribution is 5.95. The number of esters is 1. The molecule has 6 heteroatoms. The first kappa shape index (κ1) is 16.9. The van der Waals surface area contributed by atoms with Gasteiger partial charge in [-0.3, -0.25) is 0 Å². The summed E-state index contributed by atoms with van der Waals surface area (Å²) in [5.41, 5.74) is 8.15. The number of nitrogens with two attached hydrogens (primary N) is 1. The molecule has 1 aromatic carbocycles. The first-order chi connectivity index (χ1) is 10.8. The van der Waals surface area contributed by atoms with Crippen molar-refractivity contribution in [2.45, 2.75) is 26.8 Å². The van der Waals surface area contributed by atoms with Gasteiger partial charge >= 0.3 is 12.0 Å². The lowest BCUT2D eigenvalue weighted by Gasteiger charge is -2.33. The molecule has 23 heavy (non-hydrogen) atoms. The summed E-state index contributed by atoms with van der Waals surface area (Å²) in [4.78, 5) is 26.0. The summed E-state index contributed by atoms with van der Waals surface area (Å²) in [5, 5.41) is 2.84. The van der Waals surface area contributed by atoms with E-state index in [1.165, 1.54) is 4.90 Å². The fraction of sp³-hybridized carbons (Fsp3) is 0.412. The van der Waals surface area contributed by atoms with Crippen LogP contribution in [0, 0.1) is 5.92 Å². The third-order valence-electron chi connectivity index (χ3n) is 3.79. The van der Waals surface area contributed by atoms with Crippen LogP contribution in [0.15, 0.2) is 35.5 Å². The van der Waals surface area contributed by atoms with Crippen molar-refractivity contribution in [1.82, 2.24) is 10.2 Å². The van der Waals surface area contributed by atoms with E-state index in [4.69, 9.17) is 10.5 Å². The molecule has 0 fully saturated rings. The monoisotopic (exact) mass is 317 g/mol. The number of urea groups is 1. The normalized spacial score (nSPS) is 18.2. The fourth-order valence-corrected chi connectivity index (χ4v) is 2.36. The first-order valence-electron chi connectivity index (χ1n) is 7.58. The van der Waals surface area contributed by atoms with Crippen molar-refractivity contribution in [3.63, 3.8) is 0 Å². The van der Waals surface area contributed by atoms with Gasteiger partial charge in [0.15, 0.2) is 0 Å². The summed E-state index contributed by atoms with van der Waals surface area (Å²) < 4.78 is 5.37. The number of nitrogens with zero attached hydrogens (tertiary/aromatic N) is 1. The molecule has 6 nitrogen and oxygen atoms in total. The van der Waals surface area contributed by atoms with Crippen LogP contribution in [0.25, 0.3) is 0 Å². The standard InChI is InChI=1S/C17H23N3O3/c1-10(2)9-23-16(21)14-11(3)20(4)17(22)19-15(14)12-5-7-13(18)8-6-12/h5-8,10,15H,9,18H2,1-4H3,(H,19,22). The largest absolute Gasteiger partial charge is 0.462 e. The summed E-state index contributed by atoms with van der Waals surface area (Å²) >= 11 is 0. The highest BCUT2D eigenvalue weighted by atomic mass is 16.5. The first-order valence-corrected chi connectivity index (χ1v) is 7.58. The number of ether oxygens (including phenoxy) is 1. The second-order valence-corrected chi connectivity index (χ2v) is 6.10. The maximum absolute atomic E-state index is 12.5. The van der Waals surface area contributed by atoms with Gasteiger partial charge in [-0.1, -0.05) is 26.0 Å². The molecule has 3 N–H and O–H groups in total. The third kappa shape index (κ3) is 3.64. The predicted octanol–water partition coefficient (Wildman–Crippen LogP) is 2.44. The van der Waals surface area contributed by atoms with E-state index >= 15 is 0 Å². The lowest BCUT2D eigenvalue weighted by molar-refractivity contribution is -0.140. The van der Waals surface area contributed by atoms with Crippen molar-refractivity contribution in [2.75, 3.05) is 19.4 Å². The van der Waals surface area contributed by atoms with Crippen LogP contribution in [0.4, 0.5) is 10.5 Å². The van der Waals surface area contributed by atoms with Gasteiger partial charge in [-0.05, 0) is 30.5 Å². The second-order valence-electron chi connectivity index (χ2n) is 6.10. The SMILES string of the molecule is CC1=C(C(=O)OCC(C)C)C(c2ccc(N)cc2)NC(=O)N1C. The summed E-state index contributed by atoms with van der Waals surface area (Å²) in [6, 6.07) is 6.28. The number of anilines is 1. The van der Waals surface area contributed by atoms with Gasteiger partial charge < -0.3 is 20.7 Å². The van der Waals surface area contributed by atoms with Crippen LogP contribution in [0.2, 0.25) is 0 Å². The molecule has 1 unspecified atom stereocenters. The molecule has 0 aromatic heterocycles. The highest BCUT2D eigenvalue weighted by Crippen LogP contribution is 2.31. The van der Waals surface area contributed by atoms with Crippen LogP contribution in [-0.2, 0) is 9.53 Å². The van der Waals surface area contributed by atoms with E-state index in [1.54, 1.807) is 38.2 Å².